The van der Waals surface area contributed by atoms with Crippen LogP contribution in [-0.4, -0.2) is 29.4 Å². The third-order valence-corrected chi connectivity index (χ3v) is 10.9. The molecular weight excluding hydrogens is 388 g/mol. The fourth-order valence-corrected chi connectivity index (χ4v) is 9.30. The molecule has 0 bridgehead atoms. The highest BCUT2D eigenvalue weighted by atomic mass is 16.7. The minimum absolute atomic E-state index is 0.0499. The Morgan fingerprint density at radius 1 is 1.10 bits per heavy atom. The molecule has 0 amide bonds. The van der Waals surface area contributed by atoms with Gasteiger partial charge in [-0.05, 0) is 85.7 Å². The number of hydrogen-bond donors (Lipinski definition) is 1. The first-order chi connectivity index (χ1) is 14.7. The average Bonchev–Trinajstić information content (AvgIpc) is 3.16. The molecule has 4 heteroatoms. The van der Waals surface area contributed by atoms with E-state index in [-0.39, 0.29) is 22.7 Å². The number of aliphatic hydroxyl groups excluding tert-OH is 1. The van der Waals surface area contributed by atoms with Gasteiger partial charge in [0.15, 0.2) is 11.5 Å². The Morgan fingerprint density at radius 2 is 1.90 bits per heavy atom. The van der Waals surface area contributed by atoms with E-state index >= 15 is 0 Å². The molecule has 0 aromatic carbocycles. The van der Waals surface area contributed by atoms with Crippen LogP contribution in [0.1, 0.15) is 72.6 Å². The topological polar surface area (TPSA) is 55.8 Å². The Bertz CT molecular complexity index is 864. The molecule has 6 rings (SSSR count). The van der Waals surface area contributed by atoms with E-state index in [0.717, 1.165) is 25.9 Å². The highest BCUT2D eigenvalue weighted by Gasteiger charge is 2.68. The maximum Gasteiger partial charge on any atom is 0.219 e. The second-order valence-electron chi connectivity index (χ2n) is 12.3. The van der Waals surface area contributed by atoms with Gasteiger partial charge in [-0.3, -0.25) is 4.79 Å². The van der Waals surface area contributed by atoms with Crippen molar-refractivity contribution >= 4 is 5.78 Å². The number of hydrogen-bond acceptors (Lipinski definition) is 4. The van der Waals surface area contributed by atoms with E-state index in [1.54, 1.807) is 6.08 Å². The van der Waals surface area contributed by atoms with Crippen molar-refractivity contribution < 1.29 is 19.4 Å². The van der Waals surface area contributed by atoms with E-state index < -0.39 is 0 Å². The summed E-state index contributed by atoms with van der Waals surface area (Å²) in [6.07, 6.45) is 11.9. The lowest BCUT2D eigenvalue weighted by Gasteiger charge is -2.57. The molecule has 4 nitrogen and oxygen atoms in total. The van der Waals surface area contributed by atoms with Crippen LogP contribution in [0.3, 0.4) is 0 Å². The maximum absolute atomic E-state index is 12.1. The van der Waals surface area contributed by atoms with Gasteiger partial charge >= 0.3 is 0 Å². The van der Waals surface area contributed by atoms with Crippen molar-refractivity contribution in [3.8, 4) is 0 Å². The van der Waals surface area contributed by atoms with Gasteiger partial charge in [-0.1, -0.05) is 33.3 Å². The van der Waals surface area contributed by atoms with E-state index in [4.69, 9.17) is 9.47 Å². The van der Waals surface area contributed by atoms with E-state index in [9.17, 15) is 9.90 Å². The Balaban J connectivity index is 1.30. The highest BCUT2D eigenvalue weighted by molar-refractivity contribution is 6.04. The largest absolute Gasteiger partial charge is 0.504 e. The van der Waals surface area contributed by atoms with E-state index in [2.05, 4.69) is 27.7 Å². The number of aliphatic hydroxyl groups is 1. The molecule has 1 N–H and O–H groups in total. The van der Waals surface area contributed by atoms with Crippen molar-refractivity contribution in [2.45, 2.75) is 84.5 Å². The van der Waals surface area contributed by atoms with Crippen LogP contribution >= 0.6 is 0 Å². The molecule has 1 spiro atoms. The predicted molar refractivity (Wildman–Crippen MR) is 118 cm³/mol. The zero-order valence-electron chi connectivity index (χ0n) is 19.5. The molecule has 2 heterocycles. The van der Waals surface area contributed by atoms with Crippen LogP contribution in [-0.2, 0) is 14.3 Å². The van der Waals surface area contributed by atoms with Crippen molar-refractivity contribution in [3.63, 3.8) is 0 Å². The van der Waals surface area contributed by atoms with Gasteiger partial charge in [0.05, 0.1) is 12.7 Å². The normalized spacial score (nSPS) is 55.7. The average molecular weight is 427 g/mol. The lowest BCUT2D eigenvalue weighted by atomic mass is 9.47. The first kappa shape index (κ1) is 20.5. The number of ketones is 1. The Labute approximate surface area is 186 Å². The lowest BCUT2D eigenvalue weighted by molar-refractivity contribution is -0.272. The predicted octanol–water partition coefficient (Wildman–Crippen LogP) is 5.58. The Kier molecular flexibility index (Phi) is 4.27. The molecule has 31 heavy (non-hydrogen) atoms. The molecular formula is C27H38O4. The zero-order valence-corrected chi connectivity index (χ0v) is 19.5. The standard InChI is InChI=1S/C27H38O4/c1-15-7-10-27(30-14-15)16(2)24-23(31-27)12-20-18-6-5-17-11-21(28)22(29)13-26(17,4)19(18)8-9-25(20,24)3/h11,13,15-16,18-20,23-24,29H,5-10,12,14H2,1-4H3. The van der Waals surface area contributed by atoms with Crippen molar-refractivity contribution in [2.24, 2.45) is 46.3 Å². The highest BCUT2D eigenvalue weighted by Crippen LogP contribution is 2.70. The second-order valence-corrected chi connectivity index (χ2v) is 12.3. The smallest absolute Gasteiger partial charge is 0.219 e. The number of rotatable bonds is 0. The quantitative estimate of drug-likeness (QED) is 0.549. The minimum atomic E-state index is -0.348. The Hall–Kier alpha value is -1.13. The van der Waals surface area contributed by atoms with Gasteiger partial charge < -0.3 is 14.6 Å². The molecule has 0 aromatic rings. The van der Waals surface area contributed by atoms with Gasteiger partial charge in [-0.2, -0.15) is 0 Å². The van der Waals surface area contributed by atoms with E-state index in [1.807, 2.05) is 6.08 Å². The van der Waals surface area contributed by atoms with Crippen molar-refractivity contribution in [2.75, 3.05) is 6.61 Å². The molecule has 3 saturated carbocycles. The fraction of sp³-hybridized carbons (Fsp3) is 0.815. The van der Waals surface area contributed by atoms with Crippen LogP contribution in [0.4, 0.5) is 0 Å². The summed E-state index contributed by atoms with van der Waals surface area (Å²) in [5, 5.41) is 10.3. The molecule has 10 unspecified atom stereocenters. The van der Waals surface area contributed by atoms with E-state index in [1.165, 1.54) is 31.3 Å². The monoisotopic (exact) mass is 426 g/mol. The minimum Gasteiger partial charge on any atom is -0.504 e. The third-order valence-electron chi connectivity index (χ3n) is 10.9. The van der Waals surface area contributed by atoms with Crippen LogP contribution in [0.2, 0.25) is 0 Å². The summed E-state index contributed by atoms with van der Waals surface area (Å²) >= 11 is 0. The SMILES string of the molecule is CC1CCC2(OC1)OC1CC3C4CCC5=CC(=O)C(O)=CC5(C)C4CCC3(C)C1C2C. The number of fused-ring (bicyclic) bond motifs is 7. The maximum atomic E-state index is 12.1. The number of ether oxygens (including phenoxy) is 2. The van der Waals surface area contributed by atoms with Crippen molar-refractivity contribution in [1.29, 1.82) is 0 Å². The second kappa shape index (κ2) is 6.47. The molecule has 6 aliphatic rings. The molecule has 4 aliphatic carbocycles. The summed E-state index contributed by atoms with van der Waals surface area (Å²) in [6.45, 7) is 10.3. The summed E-state index contributed by atoms with van der Waals surface area (Å²) in [5.74, 6) is 2.86. The van der Waals surface area contributed by atoms with Crippen molar-refractivity contribution in [1.82, 2.24) is 0 Å². The molecule has 0 radical (unpaired) electrons. The first-order valence-corrected chi connectivity index (χ1v) is 12.7. The summed E-state index contributed by atoms with van der Waals surface area (Å²) in [4.78, 5) is 12.1. The molecule has 2 saturated heterocycles. The molecule has 0 aromatic heterocycles. The zero-order chi connectivity index (χ0) is 21.8. The Morgan fingerprint density at radius 3 is 2.65 bits per heavy atom. The fourth-order valence-electron chi connectivity index (χ4n) is 9.30. The van der Waals surface area contributed by atoms with Gasteiger partial charge in [-0.15, -0.1) is 0 Å². The number of carbonyl (C=O) groups excluding carboxylic acids is 1. The molecule has 2 aliphatic heterocycles. The van der Waals surface area contributed by atoms with Gasteiger partial charge in [0, 0.05) is 17.8 Å². The van der Waals surface area contributed by atoms with Crippen molar-refractivity contribution in [3.05, 3.63) is 23.5 Å². The summed E-state index contributed by atoms with van der Waals surface area (Å²) < 4.78 is 13.3. The summed E-state index contributed by atoms with van der Waals surface area (Å²) in [7, 11) is 0. The lowest BCUT2D eigenvalue weighted by Crippen LogP contribution is -2.52. The molecule has 170 valence electrons. The van der Waals surface area contributed by atoms with E-state index in [0.29, 0.717) is 47.0 Å². The van der Waals surface area contributed by atoms with Gasteiger partial charge in [0.25, 0.3) is 0 Å². The summed E-state index contributed by atoms with van der Waals surface area (Å²) in [6, 6.07) is 0. The number of allylic oxidation sites excluding steroid dienone is 3. The van der Waals surface area contributed by atoms with Gasteiger partial charge in [0.1, 0.15) is 0 Å². The number of carbonyl (C=O) groups is 1. The van der Waals surface area contributed by atoms with Crippen LogP contribution in [0.15, 0.2) is 23.5 Å². The van der Waals surface area contributed by atoms with Crippen LogP contribution < -0.4 is 0 Å². The molecule has 10 atom stereocenters. The van der Waals surface area contributed by atoms with Gasteiger partial charge in [0.2, 0.25) is 5.78 Å². The third kappa shape index (κ3) is 2.58. The molecule has 5 fully saturated rings. The first-order valence-electron chi connectivity index (χ1n) is 12.7. The van der Waals surface area contributed by atoms with Gasteiger partial charge in [-0.25, -0.2) is 0 Å². The summed E-state index contributed by atoms with van der Waals surface area (Å²) in [5.41, 5.74) is 1.37. The van der Waals surface area contributed by atoms with Crippen LogP contribution in [0.25, 0.3) is 0 Å². The van der Waals surface area contributed by atoms with Crippen LogP contribution in [0.5, 0.6) is 0 Å². The van der Waals surface area contributed by atoms with Crippen LogP contribution in [0, 0.1) is 46.3 Å².